The van der Waals surface area contributed by atoms with Gasteiger partial charge in [0.15, 0.2) is 0 Å². The molecule has 0 spiro atoms. The van der Waals surface area contributed by atoms with Gasteiger partial charge in [0.2, 0.25) is 0 Å². The van der Waals surface area contributed by atoms with Crippen molar-refractivity contribution < 1.29 is 0 Å². The number of fused-ring (bicyclic) bond motifs is 1. The number of benzene rings is 2. The standard InChI is InChI=1S/C19H14N4/c1-2-7-18(8-3-1)23-14-17(21-22-23)13-12-16-11-10-15-6-4-5-9-19(15)20-16/h1-14H. The topological polar surface area (TPSA) is 43.6 Å². The molecule has 0 saturated carbocycles. The molecule has 0 atom stereocenters. The fourth-order valence-corrected chi connectivity index (χ4v) is 2.41. The summed E-state index contributed by atoms with van der Waals surface area (Å²) in [5, 5.41) is 9.45. The molecule has 0 unspecified atom stereocenters. The highest BCUT2D eigenvalue weighted by atomic mass is 15.4. The molecule has 0 aliphatic heterocycles. The van der Waals surface area contributed by atoms with E-state index in [1.165, 1.54) is 0 Å². The van der Waals surface area contributed by atoms with Crippen LogP contribution in [0.15, 0.2) is 72.9 Å². The second-order valence-corrected chi connectivity index (χ2v) is 5.19. The predicted molar refractivity (Wildman–Crippen MR) is 92.0 cm³/mol. The van der Waals surface area contributed by atoms with Crippen molar-refractivity contribution in [2.75, 3.05) is 0 Å². The van der Waals surface area contributed by atoms with Gasteiger partial charge in [-0.15, -0.1) is 5.10 Å². The Balaban J connectivity index is 1.59. The van der Waals surface area contributed by atoms with Gasteiger partial charge in [-0.05, 0) is 36.4 Å². The molecule has 0 aliphatic carbocycles. The van der Waals surface area contributed by atoms with Crippen molar-refractivity contribution >= 4 is 23.1 Å². The minimum atomic E-state index is 0.795. The van der Waals surface area contributed by atoms with E-state index in [2.05, 4.69) is 27.4 Å². The lowest BCUT2D eigenvalue weighted by Crippen LogP contribution is -1.93. The third-order valence-corrected chi connectivity index (χ3v) is 3.58. The first-order valence-electron chi connectivity index (χ1n) is 7.40. The Morgan fingerprint density at radius 1 is 0.739 bits per heavy atom. The second kappa shape index (κ2) is 5.85. The quantitative estimate of drug-likeness (QED) is 0.574. The van der Waals surface area contributed by atoms with Crippen molar-refractivity contribution in [3.63, 3.8) is 0 Å². The molecule has 4 heteroatoms. The molecule has 4 rings (SSSR count). The maximum absolute atomic E-state index is 4.61. The molecule has 4 nitrogen and oxygen atoms in total. The molecule has 0 N–H and O–H groups in total. The number of hydrogen-bond donors (Lipinski definition) is 0. The van der Waals surface area contributed by atoms with E-state index >= 15 is 0 Å². The van der Waals surface area contributed by atoms with Gasteiger partial charge in [0.05, 0.1) is 23.1 Å². The highest BCUT2D eigenvalue weighted by molar-refractivity contribution is 5.80. The molecule has 2 heterocycles. The van der Waals surface area contributed by atoms with E-state index in [1.54, 1.807) is 4.68 Å². The van der Waals surface area contributed by atoms with Crippen LogP contribution in [0.1, 0.15) is 11.4 Å². The SMILES string of the molecule is C(=Cc1ccc2ccccc2n1)c1cn(-c2ccccc2)nn1. The molecule has 2 aromatic carbocycles. The zero-order valence-electron chi connectivity index (χ0n) is 12.4. The molecule has 0 amide bonds. The highest BCUT2D eigenvalue weighted by Crippen LogP contribution is 2.13. The Morgan fingerprint density at radius 2 is 1.52 bits per heavy atom. The maximum Gasteiger partial charge on any atom is 0.106 e. The smallest absolute Gasteiger partial charge is 0.106 e. The number of hydrogen-bond acceptors (Lipinski definition) is 3. The van der Waals surface area contributed by atoms with Crippen LogP contribution >= 0.6 is 0 Å². The van der Waals surface area contributed by atoms with Crippen LogP contribution in [0, 0.1) is 0 Å². The van der Waals surface area contributed by atoms with E-state index in [0.29, 0.717) is 0 Å². The molecule has 0 fully saturated rings. The average molecular weight is 298 g/mol. The van der Waals surface area contributed by atoms with Crippen LogP contribution in [0.25, 0.3) is 28.7 Å². The first kappa shape index (κ1) is 13.4. The number of nitrogens with zero attached hydrogens (tertiary/aromatic N) is 4. The summed E-state index contributed by atoms with van der Waals surface area (Å²) >= 11 is 0. The van der Waals surface area contributed by atoms with Gasteiger partial charge < -0.3 is 0 Å². The fraction of sp³-hybridized carbons (Fsp3) is 0. The van der Waals surface area contributed by atoms with E-state index in [4.69, 9.17) is 0 Å². The van der Waals surface area contributed by atoms with Gasteiger partial charge in [0, 0.05) is 5.39 Å². The van der Waals surface area contributed by atoms with Crippen LogP contribution in [0.2, 0.25) is 0 Å². The zero-order valence-corrected chi connectivity index (χ0v) is 12.4. The Kier molecular flexibility index (Phi) is 3.41. The molecule has 0 saturated heterocycles. The summed E-state index contributed by atoms with van der Waals surface area (Å²) in [6.07, 6.45) is 5.77. The summed E-state index contributed by atoms with van der Waals surface area (Å²) in [6, 6.07) is 22.1. The Morgan fingerprint density at radius 3 is 2.43 bits per heavy atom. The minimum absolute atomic E-state index is 0.795. The lowest BCUT2D eigenvalue weighted by molar-refractivity contribution is 0.802. The van der Waals surface area contributed by atoms with Crippen LogP contribution in [0.3, 0.4) is 0 Å². The Bertz CT molecular complexity index is 971. The van der Waals surface area contributed by atoms with Crippen LogP contribution in [0.4, 0.5) is 0 Å². The minimum Gasteiger partial charge on any atom is -0.248 e. The number of rotatable bonds is 3. The normalized spacial score (nSPS) is 11.3. The molecule has 0 bridgehead atoms. The van der Waals surface area contributed by atoms with Crippen LogP contribution < -0.4 is 0 Å². The van der Waals surface area contributed by atoms with Crippen molar-refractivity contribution in [3.8, 4) is 5.69 Å². The second-order valence-electron chi connectivity index (χ2n) is 5.19. The average Bonchev–Trinajstić information content (AvgIpc) is 3.10. The molecule has 4 aromatic rings. The lowest BCUT2D eigenvalue weighted by atomic mass is 10.2. The largest absolute Gasteiger partial charge is 0.248 e. The summed E-state index contributed by atoms with van der Waals surface area (Å²) in [4.78, 5) is 4.61. The van der Waals surface area contributed by atoms with E-state index < -0.39 is 0 Å². The summed E-state index contributed by atoms with van der Waals surface area (Å²) in [5.74, 6) is 0. The zero-order chi connectivity index (χ0) is 15.5. The number of aromatic nitrogens is 4. The van der Waals surface area contributed by atoms with Crippen molar-refractivity contribution in [2.45, 2.75) is 0 Å². The van der Waals surface area contributed by atoms with Crippen molar-refractivity contribution in [3.05, 3.63) is 84.3 Å². The van der Waals surface area contributed by atoms with Crippen LogP contribution in [-0.4, -0.2) is 20.0 Å². The molecular weight excluding hydrogens is 284 g/mol. The van der Waals surface area contributed by atoms with E-state index in [9.17, 15) is 0 Å². The predicted octanol–water partition coefficient (Wildman–Crippen LogP) is 3.99. The summed E-state index contributed by atoms with van der Waals surface area (Å²) in [7, 11) is 0. The Hall–Kier alpha value is -3.27. The van der Waals surface area contributed by atoms with Gasteiger partial charge in [-0.1, -0.05) is 47.7 Å². The maximum atomic E-state index is 4.61. The summed E-state index contributed by atoms with van der Waals surface area (Å²) in [6.45, 7) is 0. The van der Waals surface area contributed by atoms with E-state index in [1.807, 2.05) is 72.9 Å². The van der Waals surface area contributed by atoms with E-state index in [0.717, 1.165) is 28.0 Å². The monoisotopic (exact) mass is 298 g/mol. The lowest BCUT2D eigenvalue weighted by Gasteiger charge is -1.98. The first-order chi connectivity index (χ1) is 11.4. The van der Waals surface area contributed by atoms with Gasteiger partial charge in [0.1, 0.15) is 5.69 Å². The highest BCUT2D eigenvalue weighted by Gasteiger charge is 2.00. The van der Waals surface area contributed by atoms with Crippen molar-refractivity contribution in [2.24, 2.45) is 0 Å². The van der Waals surface area contributed by atoms with Gasteiger partial charge in [-0.3, -0.25) is 0 Å². The van der Waals surface area contributed by atoms with Gasteiger partial charge in [-0.2, -0.15) is 0 Å². The molecule has 110 valence electrons. The summed E-state index contributed by atoms with van der Waals surface area (Å²) in [5.41, 5.74) is 3.67. The van der Waals surface area contributed by atoms with Crippen LogP contribution in [-0.2, 0) is 0 Å². The fourth-order valence-electron chi connectivity index (χ4n) is 2.41. The number of pyridine rings is 1. The Labute approximate surface area is 133 Å². The van der Waals surface area contributed by atoms with E-state index in [-0.39, 0.29) is 0 Å². The molecular formula is C19H14N4. The molecule has 0 radical (unpaired) electrons. The molecule has 2 aromatic heterocycles. The van der Waals surface area contributed by atoms with Gasteiger partial charge in [-0.25, -0.2) is 9.67 Å². The van der Waals surface area contributed by atoms with Gasteiger partial charge in [0.25, 0.3) is 0 Å². The van der Waals surface area contributed by atoms with Crippen molar-refractivity contribution in [1.82, 2.24) is 20.0 Å². The van der Waals surface area contributed by atoms with Crippen molar-refractivity contribution in [1.29, 1.82) is 0 Å². The summed E-state index contributed by atoms with van der Waals surface area (Å²) < 4.78 is 1.76. The van der Waals surface area contributed by atoms with Crippen LogP contribution in [0.5, 0.6) is 0 Å². The number of para-hydroxylation sites is 2. The third kappa shape index (κ3) is 2.87. The first-order valence-corrected chi connectivity index (χ1v) is 7.40. The third-order valence-electron chi connectivity index (χ3n) is 3.58. The molecule has 0 aliphatic rings. The molecule has 23 heavy (non-hydrogen) atoms. The van der Waals surface area contributed by atoms with Gasteiger partial charge >= 0.3 is 0 Å².